The lowest BCUT2D eigenvalue weighted by molar-refractivity contribution is 0.537. The predicted octanol–water partition coefficient (Wildman–Crippen LogP) is 2.35. The number of nitrogens with one attached hydrogen (secondary N) is 1. The fourth-order valence-corrected chi connectivity index (χ4v) is 2.40. The van der Waals surface area contributed by atoms with E-state index >= 15 is 0 Å². The number of hydrogen-bond acceptors (Lipinski definition) is 4. The molecule has 1 aliphatic heterocycles. The average molecular weight is 317 g/mol. The quantitative estimate of drug-likeness (QED) is 0.755. The van der Waals surface area contributed by atoms with E-state index in [1.807, 2.05) is 48.5 Å². The zero-order valence-electron chi connectivity index (χ0n) is 10.1. The standard InChI is InChI=1S/C14H13BrN4/c15-10-7-5-9(6-8-10)14(17)18-12-4-2-1-3-11(12)13(16)19-14/h1-8,18H,17H2,(H2,16,19). The molecule has 1 heterocycles. The van der Waals surface area contributed by atoms with Crippen LogP contribution < -0.4 is 16.8 Å². The van der Waals surface area contributed by atoms with Gasteiger partial charge in [0.25, 0.3) is 0 Å². The van der Waals surface area contributed by atoms with Gasteiger partial charge in [-0.15, -0.1) is 0 Å². The van der Waals surface area contributed by atoms with Crippen molar-refractivity contribution in [2.45, 2.75) is 5.79 Å². The van der Waals surface area contributed by atoms with Crippen LogP contribution in [0.5, 0.6) is 0 Å². The Balaban J connectivity index is 2.08. The largest absolute Gasteiger partial charge is 0.383 e. The number of hydrogen-bond donors (Lipinski definition) is 3. The normalized spacial score (nSPS) is 21.3. The van der Waals surface area contributed by atoms with E-state index in [4.69, 9.17) is 11.5 Å². The molecule has 0 aliphatic carbocycles. The maximum Gasteiger partial charge on any atom is 0.211 e. The van der Waals surface area contributed by atoms with Crippen LogP contribution in [0.2, 0.25) is 0 Å². The van der Waals surface area contributed by atoms with Crippen molar-refractivity contribution in [1.82, 2.24) is 0 Å². The van der Waals surface area contributed by atoms with Gasteiger partial charge in [0.1, 0.15) is 5.84 Å². The number of benzene rings is 2. The van der Waals surface area contributed by atoms with Gasteiger partial charge in [-0.05, 0) is 24.3 Å². The minimum atomic E-state index is -1.03. The van der Waals surface area contributed by atoms with Crippen molar-refractivity contribution in [3.8, 4) is 0 Å². The number of para-hydroxylation sites is 1. The van der Waals surface area contributed by atoms with Crippen LogP contribution >= 0.6 is 15.9 Å². The highest BCUT2D eigenvalue weighted by Crippen LogP contribution is 2.30. The third-order valence-corrected chi connectivity index (χ3v) is 3.64. The number of halogens is 1. The van der Waals surface area contributed by atoms with Crippen molar-refractivity contribution in [2.24, 2.45) is 16.5 Å². The molecule has 0 spiro atoms. The Bertz CT molecular complexity index is 651. The van der Waals surface area contributed by atoms with Crippen LogP contribution in [0.3, 0.4) is 0 Å². The highest BCUT2D eigenvalue weighted by molar-refractivity contribution is 9.10. The Hall–Kier alpha value is -1.85. The summed E-state index contributed by atoms with van der Waals surface area (Å²) in [4.78, 5) is 4.40. The van der Waals surface area contributed by atoms with Gasteiger partial charge >= 0.3 is 0 Å². The molecule has 0 saturated heterocycles. The first-order valence-electron chi connectivity index (χ1n) is 5.86. The maximum absolute atomic E-state index is 6.34. The molecule has 0 fully saturated rings. The van der Waals surface area contributed by atoms with E-state index < -0.39 is 5.79 Å². The van der Waals surface area contributed by atoms with Crippen LogP contribution in [0, 0.1) is 0 Å². The molecule has 3 rings (SSSR count). The monoisotopic (exact) mass is 316 g/mol. The van der Waals surface area contributed by atoms with E-state index in [9.17, 15) is 0 Å². The highest BCUT2D eigenvalue weighted by atomic mass is 79.9. The van der Waals surface area contributed by atoms with E-state index in [2.05, 4.69) is 26.2 Å². The van der Waals surface area contributed by atoms with Crippen molar-refractivity contribution in [3.05, 3.63) is 64.1 Å². The molecule has 1 aliphatic rings. The zero-order valence-corrected chi connectivity index (χ0v) is 11.7. The Morgan fingerprint density at radius 2 is 1.74 bits per heavy atom. The third-order valence-electron chi connectivity index (χ3n) is 3.11. The van der Waals surface area contributed by atoms with Gasteiger partial charge in [0, 0.05) is 21.3 Å². The first-order chi connectivity index (χ1) is 9.08. The Labute approximate surface area is 119 Å². The highest BCUT2D eigenvalue weighted by Gasteiger charge is 2.31. The van der Waals surface area contributed by atoms with Gasteiger partial charge in [-0.1, -0.05) is 40.2 Å². The number of anilines is 1. The fraction of sp³-hybridized carbons (Fsp3) is 0.0714. The second kappa shape index (κ2) is 4.36. The Morgan fingerprint density at radius 1 is 1.05 bits per heavy atom. The molecule has 5 heteroatoms. The van der Waals surface area contributed by atoms with E-state index in [0.29, 0.717) is 5.84 Å². The summed E-state index contributed by atoms with van der Waals surface area (Å²) in [7, 11) is 0. The molecule has 5 N–H and O–H groups in total. The minimum absolute atomic E-state index is 0.444. The summed E-state index contributed by atoms with van der Waals surface area (Å²) in [5.41, 5.74) is 15.0. The van der Waals surface area contributed by atoms with Crippen LogP contribution in [-0.4, -0.2) is 5.84 Å². The predicted molar refractivity (Wildman–Crippen MR) is 80.8 cm³/mol. The molecule has 1 unspecified atom stereocenters. The van der Waals surface area contributed by atoms with Gasteiger partial charge in [0.2, 0.25) is 5.79 Å². The molecule has 2 aromatic carbocycles. The Morgan fingerprint density at radius 3 is 2.47 bits per heavy atom. The fourth-order valence-electron chi connectivity index (χ4n) is 2.14. The average Bonchev–Trinajstić information content (AvgIpc) is 2.39. The molecule has 1 atom stereocenters. The molecule has 4 nitrogen and oxygen atoms in total. The molecule has 0 amide bonds. The van der Waals surface area contributed by atoms with Gasteiger partial charge < -0.3 is 11.1 Å². The van der Waals surface area contributed by atoms with Crippen molar-refractivity contribution < 1.29 is 0 Å². The molecule has 0 radical (unpaired) electrons. The van der Waals surface area contributed by atoms with E-state index in [1.165, 1.54) is 0 Å². The Kier molecular flexibility index (Phi) is 2.80. The number of amidine groups is 1. The molecular formula is C14H13BrN4. The number of aliphatic imine (C=N–C) groups is 1. The van der Waals surface area contributed by atoms with Crippen LogP contribution in [0.1, 0.15) is 11.1 Å². The first-order valence-corrected chi connectivity index (χ1v) is 6.66. The molecule has 0 aromatic heterocycles. The summed E-state index contributed by atoms with van der Waals surface area (Å²) in [6.45, 7) is 0. The summed E-state index contributed by atoms with van der Waals surface area (Å²) in [6.07, 6.45) is 0. The number of rotatable bonds is 1. The van der Waals surface area contributed by atoms with Crippen LogP contribution in [0.25, 0.3) is 0 Å². The summed E-state index contributed by atoms with van der Waals surface area (Å²) in [6, 6.07) is 15.4. The summed E-state index contributed by atoms with van der Waals surface area (Å²) in [5.74, 6) is -0.584. The van der Waals surface area contributed by atoms with Crippen molar-refractivity contribution >= 4 is 27.5 Å². The smallest absolute Gasteiger partial charge is 0.211 e. The number of fused-ring (bicyclic) bond motifs is 1. The van der Waals surface area contributed by atoms with Crippen LogP contribution in [0.15, 0.2) is 58.0 Å². The van der Waals surface area contributed by atoms with Crippen LogP contribution in [0.4, 0.5) is 5.69 Å². The molecule has 96 valence electrons. The summed E-state index contributed by atoms with van der Waals surface area (Å²) >= 11 is 3.40. The number of nitrogens with zero attached hydrogens (tertiary/aromatic N) is 1. The molecule has 0 bridgehead atoms. The number of nitrogens with two attached hydrogens (primary N) is 2. The van der Waals surface area contributed by atoms with Gasteiger partial charge in [-0.3, -0.25) is 5.73 Å². The van der Waals surface area contributed by atoms with Gasteiger partial charge in [0.15, 0.2) is 0 Å². The van der Waals surface area contributed by atoms with Gasteiger partial charge in [-0.25, -0.2) is 4.99 Å². The molecule has 0 saturated carbocycles. The zero-order chi connectivity index (χ0) is 13.5. The van der Waals surface area contributed by atoms with E-state index in [0.717, 1.165) is 21.3 Å². The van der Waals surface area contributed by atoms with E-state index in [-0.39, 0.29) is 0 Å². The molecular weight excluding hydrogens is 304 g/mol. The SMILES string of the molecule is NC1=NC(N)(c2ccc(Br)cc2)Nc2ccccc21. The summed E-state index contributed by atoms with van der Waals surface area (Å²) in [5, 5.41) is 3.23. The van der Waals surface area contributed by atoms with Crippen molar-refractivity contribution in [3.63, 3.8) is 0 Å². The minimum Gasteiger partial charge on any atom is -0.383 e. The topological polar surface area (TPSA) is 76.4 Å². The molecule has 19 heavy (non-hydrogen) atoms. The molecule has 2 aromatic rings. The second-order valence-electron chi connectivity index (χ2n) is 4.44. The lowest BCUT2D eigenvalue weighted by atomic mass is 10.0. The maximum atomic E-state index is 6.34. The first kappa shape index (κ1) is 12.2. The lowest BCUT2D eigenvalue weighted by Gasteiger charge is -2.33. The van der Waals surface area contributed by atoms with Crippen LogP contribution in [-0.2, 0) is 5.79 Å². The van der Waals surface area contributed by atoms with E-state index in [1.54, 1.807) is 0 Å². The van der Waals surface area contributed by atoms with Gasteiger partial charge in [0.05, 0.1) is 0 Å². The third kappa shape index (κ3) is 2.11. The van der Waals surface area contributed by atoms with Gasteiger partial charge in [-0.2, -0.15) is 0 Å². The summed E-state index contributed by atoms with van der Waals surface area (Å²) < 4.78 is 0.994. The second-order valence-corrected chi connectivity index (χ2v) is 5.36. The van der Waals surface area contributed by atoms with Crippen molar-refractivity contribution in [2.75, 3.05) is 5.32 Å². The lowest BCUT2D eigenvalue weighted by Crippen LogP contribution is -2.47. The van der Waals surface area contributed by atoms with Crippen molar-refractivity contribution in [1.29, 1.82) is 0 Å².